The van der Waals surface area contributed by atoms with E-state index in [1.165, 1.54) is 17.7 Å². The lowest BCUT2D eigenvalue weighted by Crippen LogP contribution is -2.35. The van der Waals surface area contributed by atoms with Gasteiger partial charge in [0.05, 0.1) is 12.6 Å². The van der Waals surface area contributed by atoms with Crippen molar-refractivity contribution in [3.63, 3.8) is 0 Å². The molecule has 2 N–H and O–H groups in total. The Morgan fingerprint density at radius 3 is 3.07 bits per heavy atom. The molecule has 1 aliphatic carbocycles. The van der Waals surface area contributed by atoms with Gasteiger partial charge in [-0.2, -0.15) is 0 Å². The minimum atomic E-state index is 0.0859. The average Bonchev–Trinajstić information content (AvgIpc) is 2.87. The predicted molar refractivity (Wildman–Crippen MR) is 61.9 cm³/mol. The normalized spacial score (nSPS) is 17.4. The monoisotopic (exact) mass is 224 g/mol. The Balaban J connectivity index is 1.72. The molecule has 82 valence electrons. The van der Waals surface area contributed by atoms with Crippen molar-refractivity contribution >= 4 is 17.2 Å². The molecule has 1 unspecified atom stereocenters. The molecule has 1 atom stereocenters. The van der Waals surface area contributed by atoms with Crippen molar-refractivity contribution in [3.05, 3.63) is 22.4 Å². The minimum absolute atomic E-state index is 0.0859. The van der Waals surface area contributed by atoms with Crippen LogP contribution in [-0.2, 0) is 4.79 Å². The van der Waals surface area contributed by atoms with Crippen LogP contribution in [0.2, 0.25) is 0 Å². The number of rotatable bonds is 5. The lowest BCUT2D eigenvalue weighted by molar-refractivity contribution is -0.120. The largest absolute Gasteiger partial charge is 0.348 e. The first-order chi connectivity index (χ1) is 7.25. The molecule has 4 heteroatoms. The Morgan fingerprint density at radius 2 is 2.47 bits per heavy atom. The molecule has 1 aromatic rings. The Hall–Kier alpha value is -0.870. The Morgan fingerprint density at radius 1 is 1.67 bits per heavy atom. The molecule has 1 amide bonds. The standard InChI is InChI=1S/C11H16N2OS/c1-8(10-3-2-6-15-10)13-11(14)7-12-9-4-5-9/h2-3,6,8-9,12H,4-5,7H2,1H3,(H,13,14). The summed E-state index contributed by atoms with van der Waals surface area (Å²) in [6.07, 6.45) is 2.43. The van der Waals surface area contributed by atoms with E-state index in [4.69, 9.17) is 0 Å². The first-order valence-corrected chi connectivity index (χ1v) is 6.20. The van der Waals surface area contributed by atoms with Gasteiger partial charge in [-0.05, 0) is 31.2 Å². The van der Waals surface area contributed by atoms with Gasteiger partial charge in [-0.3, -0.25) is 4.79 Å². The van der Waals surface area contributed by atoms with Gasteiger partial charge in [0.2, 0.25) is 5.91 Å². The number of hydrogen-bond acceptors (Lipinski definition) is 3. The molecule has 1 aromatic heterocycles. The van der Waals surface area contributed by atoms with Crippen molar-refractivity contribution in [1.82, 2.24) is 10.6 Å². The second-order valence-corrected chi connectivity index (χ2v) is 4.94. The molecule has 0 radical (unpaired) electrons. The van der Waals surface area contributed by atoms with Crippen molar-refractivity contribution in [2.45, 2.75) is 31.8 Å². The zero-order valence-corrected chi connectivity index (χ0v) is 9.64. The smallest absolute Gasteiger partial charge is 0.234 e. The highest BCUT2D eigenvalue weighted by Gasteiger charge is 2.21. The van der Waals surface area contributed by atoms with Crippen LogP contribution in [0.3, 0.4) is 0 Å². The average molecular weight is 224 g/mol. The SMILES string of the molecule is CC(NC(=O)CNC1CC1)c1cccs1. The highest BCUT2D eigenvalue weighted by atomic mass is 32.1. The van der Waals surface area contributed by atoms with E-state index >= 15 is 0 Å². The van der Waals surface area contributed by atoms with Crippen LogP contribution in [0.15, 0.2) is 17.5 Å². The van der Waals surface area contributed by atoms with Crippen molar-refractivity contribution < 1.29 is 4.79 Å². The summed E-state index contributed by atoms with van der Waals surface area (Å²) in [7, 11) is 0. The quantitative estimate of drug-likeness (QED) is 0.799. The van der Waals surface area contributed by atoms with Gasteiger partial charge in [-0.1, -0.05) is 6.07 Å². The predicted octanol–water partition coefficient (Wildman–Crippen LogP) is 1.68. The first-order valence-electron chi connectivity index (χ1n) is 5.32. The maximum absolute atomic E-state index is 11.5. The summed E-state index contributed by atoms with van der Waals surface area (Å²) >= 11 is 1.67. The van der Waals surface area contributed by atoms with Gasteiger partial charge in [-0.25, -0.2) is 0 Å². The van der Waals surface area contributed by atoms with E-state index in [-0.39, 0.29) is 11.9 Å². The fraction of sp³-hybridized carbons (Fsp3) is 0.545. The van der Waals surface area contributed by atoms with Crippen LogP contribution in [-0.4, -0.2) is 18.5 Å². The Kier molecular flexibility index (Phi) is 3.38. The topological polar surface area (TPSA) is 41.1 Å². The summed E-state index contributed by atoms with van der Waals surface area (Å²) in [5, 5.41) is 8.20. The van der Waals surface area contributed by atoms with Crippen LogP contribution < -0.4 is 10.6 Å². The number of carbonyl (C=O) groups is 1. The fourth-order valence-electron chi connectivity index (χ4n) is 1.43. The van der Waals surface area contributed by atoms with E-state index in [1.807, 2.05) is 24.4 Å². The second-order valence-electron chi connectivity index (χ2n) is 3.96. The second kappa shape index (κ2) is 4.77. The molecule has 0 aromatic carbocycles. The van der Waals surface area contributed by atoms with E-state index in [0.717, 1.165) is 0 Å². The maximum Gasteiger partial charge on any atom is 0.234 e. The van der Waals surface area contributed by atoms with Crippen molar-refractivity contribution in [2.24, 2.45) is 0 Å². The third kappa shape index (κ3) is 3.32. The van der Waals surface area contributed by atoms with Crippen molar-refractivity contribution in [2.75, 3.05) is 6.54 Å². The van der Waals surface area contributed by atoms with Gasteiger partial charge in [0.25, 0.3) is 0 Å². The zero-order chi connectivity index (χ0) is 10.7. The van der Waals surface area contributed by atoms with Gasteiger partial charge in [0.15, 0.2) is 0 Å². The summed E-state index contributed by atoms with van der Waals surface area (Å²) in [4.78, 5) is 12.7. The van der Waals surface area contributed by atoms with E-state index < -0.39 is 0 Å². The van der Waals surface area contributed by atoms with Gasteiger partial charge < -0.3 is 10.6 Å². The van der Waals surface area contributed by atoms with Crippen LogP contribution in [0, 0.1) is 0 Å². The molecule has 1 fully saturated rings. The molecule has 0 bridgehead atoms. The van der Waals surface area contributed by atoms with Crippen LogP contribution in [0.4, 0.5) is 0 Å². The van der Waals surface area contributed by atoms with Crippen molar-refractivity contribution in [1.29, 1.82) is 0 Å². The molecule has 3 nitrogen and oxygen atoms in total. The minimum Gasteiger partial charge on any atom is -0.348 e. The summed E-state index contributed by atoms with van der Waals surface area (Å²) in [5.74, 6) is 0.0859. The van der Waals surface area contributed by atoms with Crippen LogP contribution in [0.25, 0.3) is 0 Å². The van der Waals surface area contributed by atoms with E-state index in [9.17, 15) is 4.79 Å². The number of nitrogens with one attached hydrogen (secondary N) is 2. The highest BCUT2D eigenvalue weighted by Crippen LogP contribution is 2.19. The van der Waals surface area contributed by atoms with E-state index in [1.54, 1.807) is 11.3 Å². The zero-order valence-electron chi connectivity index (χ0n) is 8.82. The molecule has 1 heterocycles. The summed E-state index contributed by atoms with van der Waals surface area (Å²) < 4.78 is 0. The molecular weight excluding hydrogens is 208 g/mol. The van der Waals surface area contributed by atoms with E-state index in [0.29, 0.717) is 12.6 Å². The number of hydrogen-bond donors (Lipinski definition) is 2. The molecule has 15 heavy (non-hydrogen) atoms. The van der Waals surface area contributed by atoms with Gasteiger partial charge in [0.1, 0.15) is 0 Å². The van der Waals surface area contributed by atoms with Crippen LogP contribution in [0.1, 0.15) is 30.7 Å². The molecule has 0 aliphatic heterocycles. The molecule has 2 rings (SSSR count). The first kappa shape index (κ1) is 10.6. The van der Waals surface area contributed by atoms with Gasteiger partial charge >= 0.3 is 0 Å². The lowest BCUT2D eigenvalue weighted by atomic mass is 10.3. The lowest BCUT2D eigenvalue weighted by Gasteiger charge is -2.12. The van der Waals surface area contributed by atoms with Gasteiger partial charge in [-0.15, -0.1) is 11.3 Å². The fourth-order valence-corrected chi connectivity index (χ4v) is 2.16. The third-order valence-electron chi connectivity index (χ3n) is 2.48. The third-order valence-corrected chi connectivity index (χ3v) is 3.53. The Bertz CT molecular complexity index is 319. The van der Waals surface area contributed by atoms with Gasteiger partial charge in [0, 0.05) is 10.9 Å². The molecule has 1 saturated carbocycles. The highest BCUT2D eigenvalue weighted by molar-refractivity contribution is 7.10. The molecule has 0 spiro atoms. The van der Waals surface area contributed by atoms with Crippen LogP contribution in [0.5, 0.6) is 0 Å². The van der Waals surface area contributed by atoms with Crippen molar-refractivity contribution in [3.8, 4) is 0 Å². The number of thiophene rings is 1. The molecular formula is C11H16N2OS. The molecule has 1 aliphatic rings. The summed E-state index contributed by atoms with van der Waals surface area (Å²) in [6, 6.07) is 4.76. The Labute approximate surface area is 93.9 Å². The number of carbonyl (C=O) groups excluding carboxylic acids is 1. The molecule has 0 saturated heterocycles. The number of amides is 1. The summed E-state index contributed by atoms with van der Waals surface area (Å²) in [5.41, 5.74) is 0. The van der Waals surface area contributed by atoms with E-state index in [2.05, 4.69) is 10.6 Å². The van der Waals surface area contributed by atoms with Crippen LogP contribution >= 0.6 is 11.3 Å². The maximum atomic E-state index is 11.5. The summed E-state index contributed by atoms with van der Waals surface area (Å²) in [6.45, 7) is 2.46.